The number of urea groups is 1. The molecule has 0 spiro atoms. The van der Waals surface area contributed by atoms with E-state index >= 15 is 0 Å². The van der Waals surface area contributed by atoms with Crippen LogP contribution < -0.4 is 10.2 Å². The molecule has 7 nitrogen and oxygen atoms in total. The molecule has 24 heavy (non-hydrogen) atoms. The van der Waals surface area contributed by atoms with Crippen molar-refractivity contribution in [1.29, 1.82) is 0 Å². The van der Waals surface area contributed by atoms with Gasteiger partial charge in [0.05, 0.1) is 12.5 Å². The first kappa shape index (κ1) is 18.0. The summed E-state index contributed by atoms with van der Waals surface area (Å²) >= 11 is 0. The minimum Gasteiger partial charge on any atom is -0.466 e. The Morgan fingerprint density at radius 2 is 2.08 bits per heavy atom. The highest BCUT2D eigenvalue weighted by molar-refractivity contribution is 5.76. The summed E-state index contributed by atoms with van der Waals surface area (Å²) in [5, 5.41) is 2.94. The van der Waals surface area contributed by atoms with Crippen LogP contribution in [-0.2, 0) is 16.1 Å². The largest absolute Gasteiger partial charge is 0.466 e. The van der Waals surface area contributed by atoms with Crippen molar-refractivity contribution in [2.75, 3.05) is 38.7 Å². The van der Waals surface area contributed by atoms with Crippen molar-refractivity contribution < 1.29 is 14.3 Å². The molecule has 7 heteroatoms. The highest BCUT2D eigenvalue weighted by Crippen LogP contribution is 2.19. The van der Waals surface area contributed by atoms with E-state index in [0.29, 0.717) is 39.1 Å². The van der Waals surface area contributed by atoms with Gasteiger partial charge in [-0.25, -0.2) is 9.78 Å². The third-order valence-corrected chi connectivity index (χ3v) is 4.12. The molecule has 0 atom stereocenters. The number of aromatic nitrogens is 1. The van der Waals surface area contributed by atoms with E-state index in [1.54, 1.807) is 18.0 Å². The molecule has 2 rings (SSSR count). The number of pyridine rings is 1. The van der Waals surface area contributed by atoms with Gasteiger partial charge in [-0.3, -0.25) is 4.79 Å². The molecule has 0 radical (unpaired) electrons. The maximum atomic E-state index is 12.3. The number of esters is 1. The molecule has 0 unspecified atom stereocenters. The predicted octanol–water partition coefficient (Wildman–Crippen LogP) is 1.63. The first-order valence-corrected chi connectivity index (χ1v) is 8.33. The van der Waals surface area contributed by atoms with E-state index in [9.17, 15) is 9.59 Å². The normalized spacial score (nSPS) is 15.0. The molecule has 132 valence electrons. The summed E-state index contributed by atoms with van der Waals surface area (Å²) in [7, 11) is 3.85. The summed E-state index contributed by atoms with van der Waals surface area (Å²) < 4.78 is 5.05. The summed E-state index contributed by atoms with van der Waals surface area (Å²) in [6.07, 6.45) is 3.05. The lowest BCUT2D eigenvalue weighted by Gasteiger charge is -2.31. The number of likely N-dealkylation sites (tertiary alicyclic amines) is 1. The van der Waals surface area contributed by atoms with Gasteiger partial charge in [0.25, 0.3) is 0 Å². The van der Waals surface area contributed by atoms with Crippen LogP contribution in [0.3, 0.4) is 0 Å². The van der Waals surface area contributed by atoms with Crippen molar-refractivity contribution in [3.8, 4) is 0 Å². The Labute approximate surface area is 143 Å². The SMILES string of the molecule is CCOC(=O)C1CCN(C(=O)NCc2cccnc2N(C)C)CC1. The van der Waals surface area contributed by atoms with Gasteiger partial charge in [-0.2, -0.15) is 0 Å². The third kappa shape index (κ3) is 4.59. The van der Waals surface area contributed by atoms with Crippen molar-refractivity contribution >= 4 is 17.8 Å². The first-order valence-electron chi connectivity index (χ1n) is 8.33. The zero-order valence-electron chi connectivity index (χ0n) is 14.6. The van der Waals surface area contributed by atoms with Crippen molar-refractivity contribution in [3.63, 3.8) is 0 Å². The number of hydrogen-bond donors (Lipinski definition) is 1. The third-order valence-electron chi connectivity index (χ3n) is 4.12. The standard InChI is InChI=1S/C17H26N4O3/c1-4-24-16(22)13-7-10-21(11-8-13)17(23)19-12-14-6-5-9-18-15(14)20(2)3/h5-6,9,13H,4,7-8,10-12H2,1-3H3,(H,19,23). The smallest absolute Gasteiger partial charge is 0.317 e. The number of rotatable bonds is 5. The van der Waals surface area contributed by atoms with Crippen LogP contribution in [-0.4, -0.2) is 55.7 Å². The molecule has 0 saturated carbocycles. The predicted molar refractivity (Wildman–Crippen MR) is 91.7 cm³/mol. The number of carbonyl (C=O) groups excluding carboxylic acids is 2. The highest BCUT2D eigenvalue weighted by atomic mass is 16.5. The van der Waals surface area contributed by atoms with E-state index < -0.39 is 0 Å². The number of piperidine rings is 1. The lowest BCUT2D eigenvalue weighted by Crippen LogP contribution is -2.45. The Balaban J connectivity index is 1.83. The van der Waals surface area contributed by atoms with Crippen LogP contribution in [0.25, 0.3) is 0 Å². The van der Waals surface area contributed by atoms with Gasteiger partial charge in [0, 0.05) is 45.5 Å². The monoisotopic (exact) mass is 334 g/mol. The van der Waals surface area contributed by atoms with E-state index in [-0.39, 0.29) is 17.9 Å². The van der Waals surface area contributed by atoms with E-state index in [2.05, 4.69) is 10.3 Å². The van der Waals surface area contributed by atoms with Crippen LogP contribution in [0, 0.1) is 5.92 Å². The van der Waals surface area contributed by atoms with Gasteiger partial charge in [-0.1, -0.05) is 6.07 Å². The van der Waals surface area contributed by atoms with Crippen LogP contribution in [0.2, 0.25) is 0 Å². The molecule has 1 aromatic heterocycles. The van der Waals surface area contributed by atoms with Gasteiger partial charge in [-0.05, 0) is 25.8 Å². The second kappa shape index (κ2) is 8.52. The maximum absolute atomic E-state index is 12.3. The number of nitrogens with one attached hydrogen (secondary N) is 1. The van der Waals surface area contributed by atoms with E-state index in [1.807, 2.05) is 31.1 Å². The van der Waals surface area contributed by atoms with Crippen molar-refractivity contribution in [3.05, 3.63) is 23.9 Å². The molecule has 0 bridgehead atoms. The molecular weight excluding hydrogens is 308 g/mol. The number of ether oxygens (including phenoxy) is 1. The summed E-state index contributed by atoms with van der Waals surface area (Å²) in [6.45, 7) is 3.78. The zero-order valence-corrected chi connectivity index (χ0v) is 14.6. The van der Waals surface area contributed by atoms with Crippen LogP contribution in [0.4, 0.5) is 10.6 Å². The second-order valence-electron chi connectivity index (χ2n) is 6.05. The number of amides is 2. The molecule has 1 aliphatic heterocycles. The molecule has 1 saturated heterocycles. The van der Waals surface area contributed by atoms with E-state index in [1.165, 1.54) is 0 Å². The minimum atomic E-state index is -0.149. The average molecular weight is 334 g/mol. The summed E-state index contributed by atoms with van der Waals surface area (Å²) in [4.78, 5) is 32.1. The van der Waals surface area contributed by atoms with E-state index in [0.717, 1.165) is 11.4 Å². The number of anilines is 1. The van der Waals surface area contributed by atoms with Crippen LogP contribution >= 0.6 is 0 Å². The van der Waals surface area contributed by atoms with Gasteiger partial charge in [-0.15, -0.1) is 0 Å². The van der Waals surface area contributed by atoms with Crippen LogP contribution in [0.5, 0.6) is 0 Å². The van der Waals surface area contributed by atoms with Crippen molar-refractivity contribution in [2.45, 2.75) is 26.3 Å². The molecule has 1 N–H and O–H groups in total. The van der Waals surface area contributed by atoms with Crippen LogP contribution in [0.1, 0.15) is 25.3 Å². The number of carbonyl (C=O) groups is 2. The van der Waals surface area contributed by atoms with Gasteiger partial charge >= 0.3 is 12.0 Å². The zero-order chi connectivity index (χ0) is 17.5. The quantitative estimate of drug-likeness (QED) is 0.829. The Morgan fingerprint density at radius 1 is 1.38 bits per heavy atom. The minimum absolute atomic E-state index is 0.0901. The Kier molecular flexibility index (Phi) is 6.40. The summed E-state index contributed by atoms with van der Waals surface area (Å²) in [5.74, 6) is 0.607. The Bertz CT molecular complexity index is 569. The topological polar surface area (TPSA) is 74.8 Å². The van der Waals surface area contributed by atoms with Crippen LogP contribution in [0.15, 0.2) is 18.3 Å². The molecule has 2 heterocycles. The second-order valence-corrected chi connectivity index (χ2v) is 6.05. The Hall–Kier alpha value is -2.31. The molecule has 0 aromatic carbocycles. The molecular formula is C17H26N4O3. The van der Waals surface area contributed by atoms with Gasteiger partial charge < -0.3 is 19.9 Å². The summed E-state index contributed by atoms with van der Waals surface area (Å²) in [6, 6.07) is 3.71. The molecule has 1 aliphatic rings. The number of hydrogen-bond acceptors (Lipinski definition) is 5. The number of nitrogens with zero attached hydrogens (tertiary/aromatic N) is 3. The molecule has 0 aliphatic carbocycles. The Morgan fingerprint density at radius 3 is 2.71 bits per heavy atom. The van der Waals surface area contributed by atoms with Gasteiger partial charge in [0.15, 0.2) is 0 Å². The molecule has 2 amide bonds. The lowest BCUT2D eigenvalue weighted by molar-refractivity contribution is -0.149. The van der Waals surface area contributed by atoms with E-state index in [4.69, 9.17) is 4.74 Å². The van der Waals surface area contributed by atoms with Gasteiger partial charge in [0.1, 0.15) is 5.82 Å². The first-order chi connectivity index (χ1) is 11.5. The lowest BCUT2D eigenvalue weighted by atomic mass is 9.97. The average Bonchev–Trinajstić information content (AvgIpc) is 2.60. The molecule has 1 aromatic rings. The van der Waals surface area contributed by atoms with Crippen molar-refractivity contribution in [2.24, 2.45) is 5.92 Å². The highest BCUT2D eigenvalue weighted by Gasteiger charge is 2.28. The fourth-order valence-electron chi connectivity index (χ4n) is 2.83. The fourth-order valence-corrected chi connectivity index (χ4v) is 2.83. The fraction of sp³-hybridized carbons (Fsp3) is 0.588. The molecule has 1 fully saturated rings. The maximum Gasteiger partial charge on any atom is 0.317 e. The van der Waals surface area contributed by atoms with Crippen molar-refractivity contribution in [1.82, 2.24) is 15.2 Å². The van der Waals surface area contributed by atoms with Gasteiger partial charge in [0.2, 0.25) is 0 Å². The summed E-state index contributed by atoms with van der Waals surface area (Å²) in [5.41, 5.74) is 0.970.